The van der Waals surface area contributed by atoms with Gasteiger partial charge in [0.2, 0.25) is 0 Å². The van der Waals surface area contributed by atoms with Crippen molar-refractivity contribution in [1.29, 1.82) is 0 Å². The third-order valence-electron chi connectivity index (χ3n) is 5.22. The SMILES string of the molecule is O=C(NCCN1CCS(=O)(=O)CC1)c1ccc(CN2CCCCC2)cc1. The fraction of sp³-hybridized carbons (Fsp3) is 0.632. The van der Waals surface area contributed by atoms with Crippen molar-refractivity contribution >= 4 is 15.7 Å². The molecule has 0 spiro atoms. The maximum Gasteiger partial charge on any atom is 0.251 e. The van der Waals surface area contributed by atoms with Gasteiger partial charge in [-0.3, -0.25) is 14.6 Å². The van der Waals surface area contributed by atoms with Crippen LogP contribution in [0.25, 0.3) is 0 Å². The second kappa shape index (κ2) is 8.97. The Labute approximate surface area is 156 Å². The van der Waals surface area contributed by atoms with E-state index in [0.717, 1.165) is 6.54 Å². The van der Waals surface area contributed by atoms with Gasteiger partial charge < -0.3 is 5.32 Å². The molecule has 3 rings (SSSR count). The topological polar surface area (TPSA) is 69.7 Å². The molecular formula is C19H29N3O3S. The number of carbonyl (C=O) groups excluding carboxylic acids is 1. The average molecular weight is 380 g/mol. The zero-order valence-corrected chi connectivity index (χ0v) is 16.1. The Hall–Kier alpha value is -1.44. The van der Waals surface area contributed by atoms with E-state index in [9.17, 15) is 13.2 Å². The van der Waals surface area contributed by atoms with Gasteiger partial charge in [0, 0.05) is 38.3 Å². The second-order valence-corrected chi connectivity index (χ2v) is 9.59. The lowest BCUT2D eigenvalue weighted by molar-refractivity contribution is 0.0948. The molecular weight excluding hydrogens is 350 g/mol. The first-order chi connectivity index (χ1) is 12.5. The van der Waals surface area contributed by atoms with Crippen LogP contribution in [0.4, 0.5) is 0 Å². The summed E-state index contributed by atoms with van der Waals surface area (Å²) in [6.07, 6.45) is 3.90. The van der Waals surface area contributed by atoms with Crippen LogP contribution in [0, 0.1) is 0 Å². The lowest BCUT2D eigenvalue weighted by atomic mass is 10.1. The molecule has 0 saturated carbocycles. The number of piperidine rings is 1. The van der Waals surface area contributed by atoms with Crippen LogP contribution in [0.2, 0.25) is 0 Å². The first-order valence-corrected chi connectivity index (χ1v) is 11.4. The van der Waals surface area contributed by atoms with Gasteiger partial charge in [-0.25, -0.2) is 8.42 Å². The largest absolute Gasteiger partial charge is 0.351 e. The zero-order chi connectivity index (χ0) is 18.4. The number of amides is 1. The van der Waals surface area contributed by atoms with Crippen molar-refractivity contribution < 1.29 is 13.2 Å². The summed E-state index contributed by atoms with van der Waals surface area (Å²) < 4.78 is 22.8. The summed E-state index contributed by atoms with van der Waals surface area (Å²) >= 11 is 0. The van der Waals surface area contributed by atoms with Crippen LogP contribution in [0.1, 0.15) is 35.2 Å². The van der Waals surface area contributed by atoms with Gasteiger partial charge in [0.25, 0.3) is 5.91 Å². The summed E-state index contributed by atoms with van der Waals surface area (Å²) in [4.78, 5) is 16.8. The highest BCUT2D eigenvalue weighted by Gasteiger charge is 2.21. The van der Waals surface area contributed by atoms with E-state index in [1.165, 1.54) is 37.9 Å². The lowest BCUT2D eigenvalue weighted by Gasteiger charge is -2.26. The lowest BCUT2D eigenvalue weighted by Crippen LogP contribution is -2.43. The fourth-order valence-electron chi connectivity index (χ4n) is 3.54. The minimum absolute atomic E-state index is 0.0702. The Morgan fingerprint density at radius 1 is 0.923 bits per heavy atom. The van der Waals surface area contributed by atoms with E-state index >= 15 is 0 Å². The van der Waals surface area contributed by atoms with Gasteiger partial charge in [-0.05, 0) is 43.6 Å². The second-order valence-electron chi connectivity index (χ2n) is 7.28. The van der Waals surface area contributed by atoms with Gasteiger partial charge in [0.05, 0.1) is 11.5 Å². The Bertz CT molecular complexity index is 683. The molecule has 0 radical (unpaired) electrons. The van der Waals surface area contributed by atoms with Crippen molar-refractivity contribution in [3.63, 3.8) is 0 Å². The number of hydrogen-bond acceptors (Lipinski definition) is 5. The number of carbonyl (C=O) groups is 1. The van der Waals surface area contributed by atoms with Crippen LogP contribution in [-0.4, -0.2) is 74.9 Å². The molecule has 0 unspecified atom stereocenters. The van der Waals surface area contributed by atoms with Crippen LogP contribution in [0.15, 0.2) is 24.3 Å². The third-order valence-corrected chi connectivity index (χ3v) is 6.83. The van der Waals surface area contributed by atoms with Gasteiger partial charge >= 0.3 is 0 Å². The van der Waals surface area contributed by atoms with Crippen LogP contribution in [-0.2, 0) is 16.4 Å². The molecule has 1 aromatic carbocycles. The van der Waals surface area contributed by atoms with Gasteiger partial charge in [-0.2, -0.15) is 0 Å². The molecule has 0 bridgehead atoms. The van der Waals surface area contributed by atoms with Crippen molar-refractivity contribution in [1.82, 2.24) is 15.1 Å². The highest BCUT2D eigenvalue weighted by Crippen LogP contribution is 2.13. The highest BCUT2D eigenvalue weighted by atomic mass is 32.2. The summed E-state index contributed by atoms with van der Waals surface area (Å²) in [5.74, 6) is 0.373. The Morgan fingerprint density at radius 3 is 2.23 bits per heavy atom. The number of sulfone groups is 1. The smallest absolute Gasteiger partial charge is 0.251 e. The van der Waals surface area contributed by atoms with Crippen molar-refractivity contribution in [2.75, 3.05) is 50.8 Å². The first-order valence-electron chi connectivity index (χ1n) is 9.54. The molecule has 2 aliphatic rings. The number of hydrogen-bond donors (Lipinski definition) is 1. The summed E-state index contributed by atoms with van der Waals surface area (Å²) in [5.41, 5.74) is 1.92. The molecule has 6 nitrogen and oxygen atoms in total. The molecule has 0 aliphatic carbocycles. The molecule has 1 aromatic rings. The predicted molar refractivity (Wildman–Crippen MR) is 103 cm³/mol. The van der Waals surface area contributed by atoms with Crippen molar-refractivity contribution in [2.45, 2.75) is 25.8 Å². The fourth-order valence-corrected chi connectivity index (χ4v) is 4.82. The minimum Gasteiger partial charge on any atom is -0.351 e. The summed E-state index contributed by atoms with van der Waals surface area (Å²) in [7, 11) is -2.85. The maximum atomic E-state index is 12.3. The third kappa shape index (κ3) is 5.79. The molecule has 2 saturated heterocycles. The van der Waals surface area contributed by atoms with E-state index in [0.29, 0.717) is 31.7 Å². The molecule has 144 valence electrons. The van der Waals surface area contributed by atoms with Crippen LogP contribution in [0.3, 0.4) is 0 Å². The van der Waals surface area contributed by atoms with E-state index in [4.69, 9.17) is 0 Å². The van der Waals surface area contributed by atoms with E-state index in [1.807, 2.05) is 24.3 Å². The Kier molecular flexibility index (Phi) is 6.67. The monoisotopic (exact) mass is 379 g/mol. The molecule has 1 N–H and O–H groups in total. The number of nitrogens with zero attached hydrogens (tertiary/aromatic N) is 2. The van der Waals surface area contributed by atoms with E-state index in [1.54, 1.807) is 0 Å². The normalized spacial score (nSPS) is 21.4. The Balaban J connectivity index is 1.40. The molecule has 2 heterocycles. The van der Waals surface area contributed by atoms with Crippen LogP contribution < -0.4 is 5.32 Å². The van der Waals surface area contributed by atoms with Crippen molar-refractivity contribution in [3.8, 4) is 0 Å². The Morgan fingerprint density at radius 2 is 1.58 bits per heavy atom. The van der Waals surface area contributed by atoms with Gasteiger partial charge in [-0.15, -0.1) is 0 Å². The molecule has 2 aliphatic heterocycles. The minimum atomic E-state index is -2.85. The van der Waals surface area contributed by atoms with Gasteiger partial charge in [0.1, 0.15) is 0 Å². The average Bonchev–Trinajstić information content (AvgIpc) is 2.64. The van der Waals surface area contributed by atoms with Gasteiger partial charge in [0.15, 0.2) is 9.84 Å². The van der Waals surface area contributed by atoms with E-state index < -0.39 is 9.84 Å². The summed E-state index contributed by atoms with van der Waals surface area (Å²) in [5, 5.41) is 2.93. The molecule has 26 heavy (non-hydrogen) atoms. The number of nitrogens with one attached hydrogen (secondary N) is 1. The molecule has 0 aromatic heterocycles. The molecule has 0 atom stereocenters. The zero-order valence-electron chi connectivity index (χ0n) is 15.3. The molecule has 2 fully saturated rings. The number of likely N-dealkylation sites (tertiary alicyclic amines) is 1. The number of benzene rings is 1. The van der Waals surface area contributed by atoms with Crippen molar-refractivity contribution in [3.05, 3.63) is 35.4 Å². The van der Waals surface area contributed by atoms with Gasteiger partial charge in [-0.1, -0.05) is 18.6 Å². The predicted octanol–water partition coefficient (Wildman–Crippen LogP) is 1.13. The van der Waals surface area contributed by atoms with E-state index in [-0.39, 0.29) is 17.4 Å². The van der Waals surface area contributed by atoms with E-state index in [2.05, 4.69) is 15.1 Å². The molecule has 7 heteroatoms. The number of rotatable bonds is 6. The van der Waals surface area contributed by atoms with Crippen molar-refractivity contribution in [2.24, 2.45) is 0 Å². The maximum absolute atomic E-state index is 12.3. The first kappa shape index (κ1) is 19.3. The summed E-state index contributed by atoms with van der Waals surface area (Å²) in [6, 6.07) is 7.86. The van der Waals surface area contributed by atoms with Crippen LogP contribution in [0.5, 0.6) is 0 Å². The summed E-state index contributed by atoms with van der Waals surface area (Å²) in [6.45, 7) is 5.63. The quantitative estimate of drug-likeness (QED) is 0.803. The molecule has 1 amide bonds. The highest BCUT2D eigenvalue weighted by molar-refractivity contribution is 7.91. The van der Waals surface area contributed by atoms with Crippen LogP contribution >= 0.6 is 0 Å². The standard InChI is InChI=1S/C19H29N3O3S/c23-19(20-8-11-21-12-14-26(24,25)15-13-21)18-6-4-17(5-7-18)16-22-9-2-1-3-10-22/h4-7H,1-3,8-16H2,(H,20,23).